The Morgan fingerprint density at radius 3 is 2.36 bits per heavy atom. The van der Waals surface area contributed by atoms with E-state index in [1.807, 2.05) is 0 Å². The van der Waals surface area contributed by atoms with Crippen LogP contribution in [-0.2, 0) is 9.59 Å². The molecule has 6 heteroatoms. The summed E-state index contributed by atoms with van der Waals surface area (Å²) >= 11 is 0. The molecule has 0 radical (unpaired) electrons. The summed E-state index contributed by atoms with van der Waals surface area (Å²) < 4.78 is 0. The Morgan fingerprint density at radius 1 is 1.29 bits per heavy atom. The summed E-state index contributed by atoms with van der Waals surface area (Å²) in [5.41, 5.74) is 0. The lowest BCUT2D eigenvalue weighted by Crippen LogP contribution is -2.39. The Labute approximate surface area is 82.3 Å². The normalized spacial score (nSPS) is 12.4. The largest absolute Gasteiger partial charge is 0.481 e. The van der Waals surface area contributed by atoms with Crippen molar-refractivity contribution in [1.82, 2.24) is 10.6 Å². The molecule has 0 aromatic rings. The summed E-state index contributed by atoms with van der Waals surface area (Å²) in [6.45, 7) is 1.26. The van der Waals surface area contributed by atoms with Gasteiger partial charge in [-0.25, -0.2) is 0 Å². The molecule has 0 amide bonds. The van der Waals surface area contributed by atoms with E-state index in [0.717, 1.165) is 13.0 Å². The van der Waals surface area contributed by atoms with Crippen molar-refractivity contribution in [1.29, 1.82) is 0 Å². The minimum Gasteiger partial charge on any atom is -0.481 e. The zero-order chi connectivity index (χ0) is 11.0. The van der Waals surface area contributed by atoms with Gasteiger partial charge in [0.25, 0.3) is 0 Å². The number of nitrogens with one attached hydrogen (secondary N) is 2. The minimum atomic E-state index is -1.13. The van der Waals surface area contributed by atoms with Gasteiger partial charge in [0.15, 0.2) is 0 Å². The van der Waals surface area contributed by atoms with E-state index in [1.54, 1.807) is 7.05 Å². The Bertz CT molecular complexity index is 196. The lowest BCUT2D eigenvalue weighted by atomic mass is 10.2. The van der Waals surface area contributed by atoms with E-state index < -0.39 is 24.4 Å². The molecule has 0 bridgehead atoms. The van der Waals surface area contributed by atoms with Gasteiger partial charge in [0.2, 0.25) is 0 Å². The summed E-state index contributed by atoms with van der Waals surface area (Å²) in [5.74, 6) is -2.24. The van der Waals surface area contributed by atoms with Crippen LogP contribution in [0.3, 0.4) is 0 Å². The van der Waals surface area contributed by atoms with Gasteiger partial charge in [0.1, 0.15) is 6.04 Å². The molecule has 0 spiro atoms. The second kappa shape index (κ2) is 7.28. The van der Waals surface area contributed by atoms with Gasteiger partial charge in [0.05, 0.1) is 6.42 Å². The first-order chi connectivity index (χ1) is 6.57. The lowest BCUT2D eigenvalue weighted by molar-refractivity contribution is -0.145. The second-order valence-corrected chi connectivity index (χ2v) is 2.90. The van der Waals surface area contributed by atoms with E-state index in [0.29, 0.717) is 6.54 Å². The quantitative estimate of drug-likeness (QED) is 0.383. The summed E-state index contributed by atoms with van der Waals surface area (Å²) in [6, 6.07) is -0.996. The van der Waals surface area contributed by atoms with Crippen LogP contribution >= 0.6 is 0 Å². The molecule has 1 atom stereocenters. The zero-order valence-electron chi connectivity index (χ0n) is 8.12. The molecule has 0 fully saturated rings. The van der Waals surface area contributed by atoms with E-state index in [4.69, 9.17) is 10.2 Å². The van der Waals surface area contributed by atoms with Crippen molar-refractivity contribution >= 4 is 11.9 Å². The standard InChI is InChI=1S/C8H16N2O4/c1-9-3-2-4-10-6(8(13)14)5-7(11)12/h6,9-10H,2-5H2,1H3,(H,11,12)(H,13,14)/t6-/m0/s1. The third kappa shape index (κ3) is 6.38. The molecule has 0 aliphatic carbocycles. The molecule has 0 aromatic heterocycles. The summed E-state index contributed by atoms with van der Waals surface area (Å²) in [7, 11) is 1.80. The predicted molar refractivity (Wildman–Crippen MR) is 50.2 cm³/mol. The number of hydrogen-bond acceptors (Lipinski definition) is 4. The molecule has 6 nitrogen and oxygen atoms in total. The van der Waals surface area contributed by atoms with Gasteiger partial charge in [-0.15, -0.1) is 0 Å². The predicted octanol–water partition coefficient (Wildman–Crippen LogP) is -0.887. The molecule has 14 heavy (non-hydrogen) atoms. The molecule has 82 valence electrons. The van der Waals surface area contributed by atoms with Crippen molar-refractivity contribution < 1.29 is 19.8 Å². The number of rotatable bonds is 8. The maximum atomic E-state index is 10.6. The third-order valence-electron chi connectivity index (χ3n) is 1.67. The van der Waals surface area contributed by atoms with Crippen LogP contribution in [0, 0.1) is 0 Å². The van der Waals surface area contributed by atoms with Crippen molar-refractivity contribution in [2.45, 2.75) is 18.9 Å². The van der Waals surface area contributed by atoms with Crippen molar-refractivity contribution in [2.24, 2.45) is 0 Å². The first-order valence-corrected chi connectivity index (χ1v) is 4.40. The maximum absolute atomic E-state index is 10.6. The van der Waals surface area contributed by atoms with E-state index in [1.165, 1.54) is 0 Å². The van der Waals surface area contributed by atoms with Gasteiger partial charge in [-0.3, -0.25) is 9.59 Å². The fraction of sp³-hybridized carbons (Fsp3) is 0.750. The van der Waals surface area contributed by atoms with Crippen molar-refractivity contribution in [3.8, 4) is 0 Å². The fourth-order valence-corrected chi connectivity index (χ4v) is 0.963. The highest BCUT2D eigenvalue weighted by atomic mass is 16.4. The molecule has 0 saturated carbocycles. The highest BCUT2D eigenvalue weighted by molar-refractivity contribution is 5.80. The van der Waals surface area contributed by atoms with Gasteiger partial charge in [-0.05, 0) is 26.6 Å². The van der Waals surface area contributed by atoms with E-state index in [-0.39, 0.29) is 0 Å². The van der Waals surface area contributed by atoms with Crippen molar-refractivity contribution in [3.05, 3.63) is 0 Å². The molecular weight excluding hydrogens is 188 g/mol. The first-order valence-electron chi connectivity index (χ1n) is 4.40. The molecule has 0 aliphatic heterocycles. The van der Waals surface area contributed by atoms with Crippen LogP contribution in [-0.4, -0.2) is 48.3 Å². The Kier molecular flexibility index (Phi) is 6.69. The van der Waals surface area contributed by atoms with Crippen LogP contribution < -0.4 is 10.6 Å². The van der Waals surface area contributed by atoms with Gasteiger partial charge in [-0.2, -0.15) is 0 Å². The van der Waals surface area contributed by atoms with E-state index in [2.05, 4.69) is 10.6 Å². The number of carboxylic acids is 2. The molecule has 0 unspecified atom stereocenters. The molecular formula is C8H16N2O4. The summed E-state index contributed by atoms with van der Waals surface area (Å²) in [5, 5.41) is 22.6. The topological polar surface area (TPSA) is 98.7 Å². The number of carbonyl (C=O) groups is 2. The van der Waals surface area contributed by atoms with E-state index >= 15 is 0 Å². The molecule has 0 heterocycles. The SMILES string of the molecule is CNCCCN[C@@H](CC(=O)O)C(=O)O. The molecule has 0 rings (SSSR count). The second-order valence-electron chi connectivity index (χ2n) is 2.90. The number of hydrogen-bond donors (Lipinski definition) is 4. The Balaban J connectivity index is 3.74. The van der Waals surface area contributed by atoms with Gasteiger partial charge in [-0.1, -0.05) is 0 Å². The van der Waals surface area contributed by atoms with Crippen LogP contribution in [0.1, 0.15) is 12.8 Å². The van der Waals surface area contributed by atoms with E-state index in [9.17, 15) is 9.59 Å². The fourth-order valence-electron chi connectivity index (χ4n) is 0.963. The van der Waals surface area contributed by atoms with Gasteiger partial charge >= 0.3 is 11.9 Å². The van der Waals surface area contributed by atoms with Gasteiger partial charge < -0.3 is 20.8 Å². The van der Waals surface area contributed by atoms with Crippen LogP contribution in [0.25, 0.3) is 0 Å². The number of carboxylic acid groups (broad SMARTS) is 2. The Hall–Kier alpha value is -1.14. The molecule has 0 saturated heterocycles. The smallest absolute Gasteiger partial charge is 0.321 e. The monoisotopic (exact) mass is 204 g/mol. The minimum absolute atomic E-state index is 0.394. The lowest BCUT2D eigenvalue weighted by Gasteiger charge is -2.11. The van der Waals surface area contributed by atoms with Crippen molar-refractivity contribution in [2.75, 3.05) is 20.1 Å². The van der Waals surface area contributed by atoms with Crippen LogP contribution in [0.5, 0.6) is 0 Å². The maximum Gasteiger partial charge on any atom is 0.321 e. The third-order valence-corrected chi connectivity index (χ3v) is 1.67. The highest BCUT2D eigenvalue weighted by Gasteiger charge is 2.19. The summed E-state index contributed by atoms with van der Waals surface area (Å²) in [6.07, 6.45) is 0.370. The molecule has 0 aromatic carbocycles. The average Bonchev–Trinajstić information content (AvgIpc) is 2.09. The van der Waals surface area contributed by atoms with Crippen LogP contribution in [0.4, 0.5) is 0 Å². The summed E-state index contributed by atoms with van der Waals surface area (Å²) in [4.78, 5) is 20.8. The average molecular weight is 204 g/mol. The van der Waals surface area contributed by atoms with Crippen LogP contribution in [0.15, 0.2) is 0 Å². The first kappa shape index (κ1) is 12.9. The van der Waals surface area contributed by atoms with Crippen molar-refractivity contribution in [3.63, 3.8) is 0 Å². The molecule has 4 N–H and O–H groups in total. The van der Waals surface area contributed by atoms with Crippen LogP contribution in [0.2, 0.25) is 0 Å². The molecule has 0 aliphatic rings. The zero-order valence-corrected chi connectivity index (χ0v) is 8.12. The number of aliphatic carboxylic acids is 2. The van der Waals surface area contributed by atoms with Gasteiger partial charge in [0, 0.05) is 0 Å². The highest BCUT2D eigenvalue weighted by Crippen LogP contribution is 1.92. The Morgan fingerprint density at radius 2 is 1.93 bits per heavy atom.